The molecule has 0 atom stereocenters. The predicted molar refractivity (Wildman–Crippen MR) is 78.5 cm³/mol. The Morgan fingerprint density at radius 1 is 1.32 bits per heavy atom. The summed E-state index contributed by atoms with van der Waals surface area (Å²) >= 11 is 0. The van der Waals surface area contributed by atoms with Gasteiger partial charge < -0.3 is 14.8 Å². The van der Waals surface area contributed by atoms with E-state index >= 15 is 0 Å². The van der Waals surface area contributed by atoms with Crippen molar-refractivity contribution in [1.29, 1.82) is 0 Å². The summed E-state index contributed by atoms with van der Waals surface area (Å²) in [6.45, 7) is 3.68. The molecule has 4 heteroatoms. The molecule has 1 N–H and O–H groups in total. The molecule has 0 bridgehead atoms. The molecular weight excluding hydrogens is 238 g/mol. The third kappa shape index (κ3) is 4.48. The molecule has 1 aromatic heterocycles. The van der Waals surface area contributed by atoms with Gasteiger partial charge in [0.05, 0.1) is 0 Å². The maximum Gasteiger partial charge on any atom is 0.250 e. The van der Waals surface area contributed by atoms with Crippen LogP contribution < -0.4 is 10.9 Å². The number of rotatable bonds is 7. The Morgan fingerprint density at radius 3 is 2.84 bits per heavy atom. The highest BCUT2D eigenvalue weighted by Crippen LogP contribution is 2.21. The topological polar surface area (TPSA) is 37.3 Å². The van der Waals surface area contributed by atoms with Crippen molar-refractivity contribution in [2.24, 2.45) is 0 Å². The zero-order valence-electron chi connectivity index (χ0n) is 11.8. The molecule has 0 saturated heterocycles. The third-order valence-corrected chi connectivity index (χ3v) is 4.02. The Balaban J connectivity index is 1.59. The van der Waals surface area contributed by atoms with Crippen molar-refractivity contribution >= 4 is 0 Å². The minimum atomic E-state index is 0.0763. The Kier molecular flexibility index (Phi) is 5.61. The second-order valence-corrected chi connectivity index (χ2v) is 5.40. The van der Waals surface area contributed by atoms with Gasteiger partial charge in [0, 0.05) is 44.5 Å². The average Bonchev–Trinajstić information content (AvgIpc) is 2.94. The molecule has 0 amide bonds. The Morgan fingerprint density at radius 2 is 2.11 bits per heavy atom. The van der Waals surface area contributed by atoms with Crippen molar-refractivity contribution in [3.8, 4) is 0 Å². The van der Waals surface area contributed by atoms with Crippen LogP contribution in [0, 0.1) is 0 Å². The first-order valence-corrected chi connectivity index (χ1v) is 7.34. The summed E-state index contributed by atoms with van der Waals surface area (Å²) in [6, 6.07) is 6.07. The average molecular weight is 263 g/mol. The van der Waals surface area contributed by atoms with E-state index in [1.807, 2.05) is 12.3 Å². The minimum Gasteiger partial charge on any atom is -0.314 e. The van der Waals surface area contributed by atoms with E-state index in [0.29, 0.717) is 0 Å². The van der Waals surface area contributed by atoms with Crippen molar-refractivity contribution in [2.75, 3.05) is 26.7 Å². The van der Waals surface area contributed by atoms with E-state index in [1.165, 1.54) is 25.7 Å². The zero-order valence-corrected chi connectivity index (χ0v) is 11.8. The highest BCUT2D eigenvalue weighted by molar-refractivity contribution is 4.93. The largest absolute Gasteiger partial charge is 0.314 e. The lowest BCUT2D eigenvalue weighted by molar-refractivity contribution is 0.245. The molecule has 4 nitrogen and oxygen atoms in total. The van der Waals surface area contributed by atoms with Crippen LogP contribution in [0.4, 0.5) is 0 Å². The smallest absolute Gasteiger partial charge is 0.250 e. The number of hydrogen-bond donors (Lipinski definition) is 1. The molecule has 1 aliphatic rings. The van der Waals surface area contributed by atoms with Crippen molar-refractivity contribution < 1.29 is 0 Å². The fourth-order valence-electron chi connectivity index (χ4n) is 2.75. The monoisotopic (exact) mass is 263 g/mol. The van der Waals surface area contributed by atoms with Crippen molar-refractivity contribution in [3.63, 3.8) is 0 Å². The molecule has 0 spiro atoms. The number of nitrogens with zero attached hydrogens (tertiary/aromatic N) is 2. The maximum absolute atomic E-state index is 11.5. The van der Waals surface area contributed by atoms with Crippen LogP contribution >= 0.6 is 0 Å². The molecule has 1 saturated carbocycles. The van der Waals surface area contributed by atoms with Crippen molar-refractivity contribution in [2.45, 2.75) is 38.3 Å². The van der Waals surface area contributed by atoms with Crippen molar-refractivity contribution in [3.05, 3.63) is 34.7 Å². The predicted octanol–water partition coefficient (Wildman–Crippen LogP) is 1.31. The number of pyridine rings is 1. The van der Waals surface area contributed by atoms with Crippen LogP contribution in [-0.2, 0) is 6.54 Å². The lowest BCUT2D eigenvalue weighted by atomic mass is 10.2. The van der Waals surface area contributed by atoms with E-state index in [1.54, 1.807) is 16.7 Å². The molecule has 1 aromatic rings. The first-order valence-electron chi connectivity index (χ1n) is 7.34. The van der Waals surface area contributed by atoms with Gasteiger partial charge in [0.2, 0.25) is 0 Å². The summed E-state index contributed by atoms with van der Waals surface area (Å²) in [5.74, 6) is 0. The molecule has 19 heavy (non-hydrogen) atoms. The number of hydrogen-bond acceptors (Lipinski definition) is 3. The summed E-state index contributed by atoms with van der Waals surface area (Å²) in [6.07, 6.45) is 7.33. The molecular formula is C15H25N3O. The Hall–Kier alpha value is -1.13. The lowest BCUT2D eigenvalue weighted by Gasteiger charge is -2.24. The van der Waals surface area contributed by atoms with Gasteiger partial charge in [0.25, 0.3) is 5.56 Å². The van der Waals surface area contributed by atoms with E-state index in [4.69, 9.17) is 0 Å². The standard InChI is InChI=1S/C15H25N3O/c1-17(14-6-2-3-7-14)12-9-16-10-13-18-11-5-4-8-15(18)19/h4-5,8,11,14,16H,2-3,6-7,9-10,12-13H2,1H3. The Bertz CT molecular complexity index is 423. The summed E-state index contributed by atoms with van der Waals surface area (Å²) in [5, 5.41) is 3.41. The number of likely N-dealkylation sites (N-methyl/N-ethyl adjacent to an activating group) is 1. The summed E-state index contributed by atoms with van der Waals surface area (Å²) < 4.78 is 1.74. The third-order valence-electron chi connectivity index (χ3n) is 4.02. The summed E-state index contributed by atoms with van der Waals surface area (Å²) in [4.78, 5) is 14.0. The van der Waals surface area contributed by atoms with Gasteiger partial charge in [-0.25, -0.2) is 0 Å². The van der Waals surface area contributed by atoms with Crippen molar-refractivity contribution in [1.82, 2.24) is 14.8 Å². The van der Waals surface area contributed by atoms with E-state index in [0.717, 1.165) is 32.2 Å². The van der Waals surface area contributed by atoms with Gasteiger partial charge in [-0.05, 0) is 26.0 Å². The van der Waals surface area contributed by atoms with Gasteiger partial charge >= 0.3 is 0 Å². The van der Waals surface area contributed by atoms with E-state index < -0.39 is 0 Å². The van der Waals surface area contributed by atoms with Crippen LogP contribution in [0.25, 0.3) is 0 Å². The van der Waals surface area contributed by atoms with Gasteiger partial charge in [-0.2, -0.15) is 0 Å². The van der Waals surface area contributed by atoms with Gasteiger partial charge in [-0.1, -0.05) is 18.9 Å². The van der Waals surface area contributed by atoms with Crippen LogP contribution in [0.15, 0.2) is 29.2 Å². The first kappa shape index (κ1) is 14.3. The van der Waals surface area contributed by atoms with E-state index in [9.17, 15) is 4.79 Å². The van der Waals surface area contributed by atoms with E-state index in [2.05, 4.69) is 17.3 Å². The minimum absolute atomic E-state index is 0.0763. The molecule has 1 aliphatic carbocycles. The second-order valence-electron chi connectivity index (χ2n) is 5.40. The van der Waals surface area contributed by atoms with Gasteiger partial charge in [-0.15, -0.1) is 0 Å². The molecule has 0 unspecified atom stereocenters. The number of aromatic nitrogens is 1. The van der Waals surface area contributed by atoms with Gasteiger partial charge in [-0.3, -0.25) is 4.79 Å². The molecule has 0 aliphatic heterocycles. The normalized spacial score (nSPS) is 16.3. The van der Waals surface area contributed by atoms with Crippen LogP contribution in [0.2, 0.25) is 0 Å². The lowest BCUT2D eigenvalue weighted by Crippen LogP contribution is -2.36. The van der Waals surface area contributed by atoms with Gasteiger partial charge in [0.1, 0.15) is 0 Å². The highest BCUT2D eigenvalue weighted by atomic mass is 16.1. The van der Waals surface area contributed by atoms with Crippen LogP contribution in [-0.4, -0.2) is 42.2 Å². The van der Waals surface area contributed by atoms with E-state index in [-0.39, 0.29) is 5.56 Å². The molecule has 1 heterocycles. The van der Waals surface area contributed by atoms with Crippen LogP contribution in [0.1, 0.15) is 25.7 Å². The second kappa shape index (κ2) is 7.46. The SMILES string of the molecule is CN(CCNCCn1ccccc1=O)C1CCCC1. The fourth-order valence-corrected chi connectivity index (χ4v) is 2.75. The molecule has 0 aromatic carbocycles. The first-order chi connectivity index (χ1) is 9.27. The summed E-state index contributed by atoms with van der Waals surface area (Å²) in [5.41, 5.74) is 0.0763. The fraction of sp³-hybridized carbons (Fsp3) is 0.667. The van der Waals surface area contributed by atoms with Crippen LogP contribution in [0.5, 0.6) is 0 Å². The zero-order chi connectivity index (χ0) is 13.5. The van der Waals surface area contributed by atoms with Crippen LogP contribution in [0.3, 0.4) is 0 Å². The molecule has 0 radical (unpaired) electrons. The molecule has 2 rings (SSSR count). The highest BCUT2D eigenvalue weighted by Gasteiger charge is 2.18. The Labute approximate surface area is 115 Å². The quantitative estimate of drug-likeness (QED) is 0.754. The molecule has 106 valence electrons. The molecule has 1 fully saturated rings. The summed E-state index contributed by atoms with van der Waals surface area (Å²) in [7, 11) is 2.22. The van der Waals surface area contributed by atoms with Gasteiger partial charge in [0.15, 0.2) is 0 Å². The maximum atomic E-state index is 11.5. The number of nitrogens with one attached hydrogen (secondary N) is 1.